The molecule has 9 heteroatoms. The maximum absolute atomic E-state index is 13.7. The lowest BCUT2D eigenvalue weighted by atomic mass is 9.95. The van der Waals surface area contributed by atoms with E-state index in [2.05, 4.69) is 33.9 Å². The number of carbonyl (C=O) groups is 1. The standard InChI is InChI=1S/C32H28F3N5O/c33-32(34,35)29-17-28(40(39-29)27-8-4-5-21(13-27)18-36)31(41)38-26-15-24(22-11-12-22)14-25(16-26)30(37-19-20-9-10-20)23-6-2-1-3-7-23/h1-8,13-17,20,22,30,37H,9-12,19H2,(H,38,41). The van der Waals surface area contributed by atoms with E-state index < -0.39 is 17.8 Å². The maximum atomic E-state index is 13.7. The largest absolute Gasteiger partial charge is 0.435 e. The Labute approximate surface area is 235 Å². The van der Waals surface area contributed by atoms with Crippen LogP contribution in [0.4, 0.5) is 18.9 Å². The first-order valence-electron chi connectivity index (χ1n) is 13.7. The third-order valence-corrected chi connectivity index (χ3v) is 7.51. The molecule has 208 valence electrons. The highest BCUT2D eigenvalue weighted by Crippen LogP contribution is 2.42. The quantitative estimate of drug-likeness (QED) is 0.233. The van der Waals surface area contributed by atoms with Crippen LogP contribution in [0.2, 0.25) is 0 Å². The molecule has 0 bridgehead atoms. The topological polar surface area (TPSA) is 82.7 Å². The minimum absolute atomic E-state index is 0.0952. The second kappa shape index (κ2) is 10.9. The van der Waals surface area contributed by atoms with Crippen molar-refractivity contribution in [2.45, 2.75) is 43.8 Å². The molecule has 0 saturated heterocycles. The van der Waals surface area contributed by atoms with Gasteiger partial charge in [-0.2, -0.15) is 23.5 Å². The van der Waals surface area contributed by atoms with Crippen LogP contribution in [0.1, 0.15) is 76.1 Å². The van der Waals surface area contributed by atoms with E-state index in [4.69, 9.17) is 0 Å². The summed E-state index contributed by atoms with van der Waals surface area (Å²) in [6, 6.07) is 24.6. The van der Waals surface area contributed by atoms with E-state index in [1.165, 1.54) is 37.1 Å². The average Bonchev–Trinajstić information content (AvgIpc) is 3.91. The molecule has 0 spiro atoms. The van der Waals surface area contributed by atoms with Crippen LogP contribution in [0.25, 0.3) is 5.69 Å². The number of anilines is 1. The van der Waals surface area contributed by atoms with E-state index in [1.807, 2.05) is 36.4 Å². The van der Waals surface area contributed by atoms with Gasteiger partial charge >= 0.3 is 6.18 Å². The fraction of sp³-hybridized carbons (Fsp3) is 0.281. The molecule has 1 unspecified atom stereocenters. The van der Waals surface area contributed by atoms with Crippen molar-refractivity contribution >= 4 is 11.6 Å². The third-order valence-electron chi connectivity index (χ3n) is 7.51. The molecule has 4 aromatic rings. The van der Waals surface area contributed by atoms with Gasteiger partial charge in [0.05, 0.1) is 23.4 Å². The molecule has 3 aromatic carbocycles. The van der Waals surface area contributed by atoms with Crippen molar-refractivity contribution in [2.75, 3.05) is 11.9 Å². The van der Waals surface area contributed by atoms with Crippen LogP contribution in [-0.4, -0.2) is 22.2 Å². The Bertz CT molecular complexity index is 1610. The van der Waals surface area contributed by atoms with Crippen LogP contribution in [0.3, 0.4) is 0 Å². The number of nitriles is 1. The van der Waals surface area contributed by atoms with Crippen molar-refractivity contribution < 1.29 is 18.0 Å². The zero-order valence-electron chi connectivity index (χ0n) is 22.2. The molecule has 2 aliphatic rings. The number of aromatic nitrogens is 2. The minimum Gasteiger partial charge on any atom is -0.321 e. The molecule has 6 nitrogen and oxygen atoms in total. The summed E-state index contributed by atoms with van der Waals surface area (Å²) in [4.78, 5) is 13.6. The molecular weight excluding hydrogens is 527 g/mol. The molecule has 0 aliphatic heterocycles. The van der Waals surface area contributed by atoms with Crippen molar-refractivity contribution in [3.63, 3.8) is 0 Å². The van der Waals surface area contributed by atoms with Crippen LogP contribution < -0.4 is 10.6 Å². The number of rotatable bonds is 9. The first-order chi connectivity index (χ1) is 19.8. The zero-order chi connectivity index (χ0) is 28.6. The van der Waals surface area contributed by atoms with Crippen molar-refractivity contribution in [1.82, 2.24) is 15.1 Å². The van der Waals surface area contributed by atoms with E-state index in [-0.39, 0.29) is 23.0 Å². The SMILES string of the molecule is N#Cc1cccc(-n2nc(C(F)(F)F)cc2C(=O)Nc2cc(C3CC3)cc(C(NCC3CC3)c3ccccc3)c2)c1. The van der Waals surface area contributed by atoms with Gasteiger partial charge in [-0.05, 0) is 91.1 Å². The summed E-state index contributed by atoms with van der Waals surface area (Å²) in [5.74, 6) is 0.327. The highest BCUT2D eigenvalue weighted by atomic mass is 19.4. The van der Waals surface area contributed by atoms with E-state index in [0.717, 1.165) is 46.8 Å². The van der Waals surface area contributed by atoms with Crippen LogP contribution in [-0.2, 0) is 6.18 Å². The molecule has 2 fully saturated rings. The molecule has 6 rings (SSSR count). The number of alkyl halides is 3. The number of benzene rings is 3. The normalized spacial score (nSPS) is 15.8. The smallest absolute Gasteiger partial charge is 0.321 e. The third kappa shape index (κ3) is 6.18. The van der Waals surface area contributed by atoms with Crippen molar-refractivity contribution in [3.05, 3.63) is 113 Å². The Morgan fingerprint density at radius 2 is 1.76 bits per heavy atom. The summed E-state index contributed by atoms with van der Waals surface area (Å²) in [7, 11) is 0. The fourth-order valence-corrected chi connectivity index (χ4v) is 5.03. The molecule has 1 aromatic heterocycles. The molecule has 1 atom stereocenters. The monoisotopic (exact) mass is 555 g/mol. The molecule has 0 radical (unpaired) electrons. The molecule has 41 heavy (non-hydrogen) atoms. The summed E-state index contributed by atoms with van der Waals surface area (Å²) in [6.45, 7) is 0.885. The van der Waals surface area contributed by atoms with E-state index >= 15 is 0 Å². The zero-order valence-corrected chi connectivity index (χ0v) is 22.2. The lowest BCUT2D eigenvalue weighted by molar-refractivity contribution is -0.141. The first kappa shape index (κ1) is 26.8. The Kier molecular flexibility index (Phi) is 7.10. The number of nitrogens with zero attached hydrogens (tertiary/aromatic N) is 3. The van der Waals surface area contributed by atoms with Crippen molar-refractivity contribution in [3.8, 4) is 11.8 Å². The molecule has 2 saturated carbocycles. The number of hydrogen-bond acceptors (Lipinski definition) is 4. The van der Waals surface area contributed by atoms with Gasteiger partial charge in [0.25, 0.3) is 5.91 Å². The highest BCUT2D eigenvalue weighted by molar-refractivity contribution is 6.03. The number of carbonyl (C=O) groups excluding carboxylic acids is 1. The van der Waals surface area contributed by atoms with Crippen LogP contribution in [0.5, 0.6) is 0 Å². The van der Waals surface area contributed by atoms with Gasteiger partial charge in [-0.15, -0.1) is 0 Å². The Hall–Kier alpha value is -4.42. The second-order valence-electron chi connectivity index (χ2n) is 10.8. The first-order valence-corrected chi connectivity index (χ1v) is 13.7. The number of hydrogen-bond donors (Lipinski definition) is 2. The van der Waals surface area contributed by atoms with Gasteiger partial charge in [-0.3, -0.25) is 4.79 Å². The van der Waals surface area contributed by atoms with Gasteiger partial charge in [-0.25, -0.2) is 4.68 Å². The molecule has 1 heterocycles. The summed E-state index contributed by atoms with van der Waals surface area (Å²) in [5, 5.41) is 19.5. The van der Waals surface area contributed by atoms with Gasteiger partial charge in [0, 0.05) is 11.8 Å². The molecule has 1 amide bonds. The molecular formula is C32H28F3N5O. The van der Waals surface area contributed by atoms with Gasteiger partial charge in [0.2, 0.25) is 0 Å². The predicted molar refractivity (Wildman–Crippen MR) is 149 cm³/mol. The Balaban J connectivity index is 1.36. The van der Waals surface area contributed by atoms with Gasteiger partial charge in [0.1, 0.15) is 5.69 Å². The maximum Gasteiger partial charge on any atom is 0.435 e. The minimum atomic E-state index is -4.75. The average molecular weight is 556 g/mol. The fourth-order valence-electron chi connectivity index (χ4n) is 5.03. The summed E-state index contributed by atoms with van der Waals surface area (Å²) >= 11 is 0. The van der Waals surface area contributed by atoms with Crippen LogP contribution in [0, 0.1) is 17.2 Å². The van der Waals surface area contributed by atoms with E-state index in [9.17, 15) is 23.2 Å². The lowest BCUT2D eigenvalue weighted by Gasteiger charge is -2.22. The van der Waals surface area contributed by atoms with Gasteiger partial charge < -0.3 is 10.6 Å². The lowest BCUT2D eigenvalue weighted by Crippen LogP contribution is -2.25. The number of halogens is 3. The van der Waals surface area contributed by atoms with E-state index in [1.54, 1.807) is 0 Å². The predicted octanol–water partition coefficient (Wildman–Crippen LogP) is 6.98. The van der Waals surface area contributed by atoms with Crippen molar-refractivity contribution in [2.24, 2.45) is 5.92 Å². The summed E-state index contributed by atoms with van der Waals surface area (Å²) < 4.78 is 41.9. The number of amides is 1. The van der Waals surface area contributed by atoms with Gasteiger partial charge in [0.15, 0.2) is 5.69 Å². The Morgan fingerprint density at radius 3 is 2.44 bits per heavy atom. The molecule has 2 aliphatic carbocycles. The highest BCUT2D eigenvalue weighted by Gasteiger charge is 2.36. The van der Waals surface area contributed by atoms with E-state index in [0.29, 0.717) is 17.5 Å². The Morgan fingerprint density at radius 1 is 0.976 bits per heavy atom. The summed E-state index contributed by atoms with van der Waals surface area (Å²) in [5.41, 5.74) is 2.65. The second-order valence-corrected chi connectivity index (χ2v) is 10.8. The van der Waals surface area contributed by atoms with Gasteiger partial charge in [-0.1, -0.05) is 42.5 Å². The number of nitrogens with one attached hydrogen (secondary N) is 2. The van der Waals surface area contributed by atoms with Crippen LogP contribution >= 0.6 is 0 Å². The molecule has 2 N–H and O–H groups in total. The summed E-state index contributed by atoms with van der Waals surface area (Å²) in [6.07, 6.45) is -0.216. The van der Waals surface area contributed by atoms with Crippen molar-refractivity contribution in [1.29, 1.82) is 5.26 Å². The van der Waals surface area contributed by atoms with Crippen LogP contribution in [0.15, 0.2) is 78.9 Å².